The van der Waals surface area contributed by atoms with Crippen molar-refractivity contribution in [2.75, 3.05) is 14.2 Å². The molecule has 1 fully saturated rings. The number of rotatable bonds is 3. The van der Waals surface area contributed by atoms with Gasteiger partial charge in [0, 0.05) is 14.2 Å². The number of thiazole rings is 1. The Morgan fingerprint density at radius 1 is 1.40 bits per heavy atom. The van der Waals surface area contributed by atoms with Gasteiger partial charge in [0.25, 0.3) is 5.91 Å². The minimum Gasteiger partial charge on any atom is -0.379 e. The van der Waals surface area contributed by atoms with Crippen molar-refractivity contribution in [1.29, 1.82) is 0 Å². The van der Waals surface area contributed by atoms with Crippen LogP contribution < -0.4 is 5.32 Å². The Bertz CT molecular complexity index is 873. The third kappa shape index (κ3) is 3.05. The number of aromatic nitrogens is 1. The first kappa shape index (κ1) is 16.2. The highest BCUT2D eigenvalue weighted by atomic mass is 32.1. The summed E-state index contributed by atoms with van der Waals surface area (Å²) in [6.45, 7) is 0. The predicted molar refractivity (Wildman–Crippen MR) is 99.4 cm³/mol. The number of hydrogen-bond donors (Lipinski definition) is 1. The van der Waals surface area contributed by atoms with Gasteiger partial charge in [-0.1, -0.05) is 6.07 Å². The molecule has 1 saturated carbocycles. The summed E-state index contributed by atoms with van der Waals surface area (Å²) in [4.78, 5) is 22.9. The molecule has 0 unspecified atom stereocenters. The summed E-state index contributed by atoms with van der Waals surface area (Å²) in [6, 6.07) is 6.16. The Kier molecular flexibility index (Phi) is 4.27. The van der Waals surface area contributed by atoms with Gasteiger partial charge in [0.1, 0.15) is 5.70 Å². The molecule has 0 spiro atoms. The number of carbonyl (C=O) groups excluding carboxylic acids is 1. The summed E-state index contributed by atoms with van der Waals surface area (Å²) in [5.74, 6) is 0.503. The van der Waals surface area contributed by atoms with Gasteiger partial charge < -0.3 is 10.1 Å². The van der Waals surface area contributed by atoms with Crippen LogP contribution in [-0.2, 0) is 9.53 Å². The zero-order chi connectivity index (χ0) is 17.4. The van der Waals surface area contributed by atoms with E-state index in [0.29, 0.717) is 11.7 Å². The maximum absolute atomic E-state index is 12.5. The average Bonchev–Trinajstić information content (AvgIpc) is 3.32. The molecule has 1 aliphatic heterocycles. The van der Waals surface area contributed by atoms with Crippen LogP contribution in [0.15, 0.2) is 34.4 Å². The molecule has 4 rings (SSSR count). The highest BCUT2D eigenvalue weighted by Gasteiger charge is 2.33. The second-order valence-electron chi connectivity index (χ2n) is 6.36. The third-order valence-corrected chi connectivity index (χ3v) is 5.59. The van der Waals surface area contributed by atoms with E-state index < -0.39 is 0 Å². The van der Waals surface area contributed by atoms with Crippen molar-refractivity contribution < 1.29 is 9.53 Å². The fourth-order valence-corrected chi connectivity index (χ4v) is 4.11. The van der Waals surface area contributed by atoms with Crippen LogP contribution in [0.3, 0.4) is 0 Å². The number of benzene rings is 1. The Morgan fingerprint density at radius 2 is 2.28 bits per heavy atom. The molecule has 0 saturated heterocycles. The van der Waals surface area contributed by atoms with Crippen LogP contribution in [0.4, 0.5) is 0 Å². The van der Waals surface area contributed by atoms with E-state index in [1.54, 1.807) is 30.4 Å². The molecule has 1 aromatic heterocycles. The maximum atomic E-state index is 12.5. The van der Waals surface area contributed by atoms with Gasteiger partial charge in [-0.25, -0.2) is 9.98 Å². The number of guanidine groups is 1. The lowest BCUT2D eigenvalue weighted by molar-refractivity contribution is -0.121. The normalized spacial score (nSPS) is 25.2. The van der Waals surface area contributed by atoms with Gasteiger partial charge in [0.15, 0.2) is 0 Å². The second kappa shape index (κ2) is 6.57. The Hall–Kier alpha value is -2.25. The van der Waals surface area contributed by atoms with Gasteiger partial charge >= 0.3 is 0 Å². The molecule has 0 bridgehead atoms. The van der Waals surface area contributed by atoms with E-state index in [2.05, 4.69) is 15.3 Å². The van der Waals surface area contributed by atoms with Crippen LogP contribution in [0.1, 0.15) is 24.8 Å². The highest BCUT2D eigenvalue weighted by Crippen LogP contribution is 2.25. The lowest BCUT2D eigenvalue weighted by Gasteiger charge is -2.22. The van der Waals surface area contributed by atoms with Gasteiger partial charge in [-0.15, -0.1) is 11.3 Å². The summed E-state index contributed by atoms with van der Waals surface area (Å²) in [5.41, 5.74) is 4.19. The van der Waals surface area contributed by atoms with Crippen LogP contribution in [-0.4, -0.2) is 48.1 Å². The second-order valence-corrected chi connectivity index (χ2v) is 7.25. The van der Waals surface area contributed by atoms with Crippen molar-refractivity contribution in [3.63, 3.8) is 0 Å². The van der Waals surface area contributed by atoms with Crippen molar-refractivity contribution >= 4 is 39.5 Å². The fourth-order valence-electron chi connectivity index (χ4n) is 3.39. The molecule has 2 atom stereocenters. The Morgan fingerprint density at radius 3 is 3.12 bits per heavy atom. The molecule has 1 aliphatic carbocycles. The fraction of sp³-hybridized carbons (Fsp3) is 0.389. The Balaban J connectivity index is 1.58. The third-order valence-electron chi connectivity index (χ3n) is 4.80. The van der Waals surface area contributed by atoms with Crippen molar-refractivity contribution in [3.05, 3.63) is 35.0 Å². The van der Waals surface area contributed by atoms with Crippen LogP contribution in [0, 0.1) is 0 Å². The van der Waals surface area contributed by atoms with E-state index in [1.807, 2.05) is 29.8 Å². The van der Waals surface area contributed by atoms with Crippen LogP contribution >= 0.6 is 11.3 Å². The smallest absolute Gasteiger partial charge is 0.279 e. The molecule has 130 valence electrons. The first-order chi connectivity index (χ1) is 12.2. The standard InChI is InChI=1S/C18H20N4O2S/c1-22-17(23)14(8-11-6-7-13-16(9-11)25-10-19-13)21-18(22)20-12-4-3-5-15(12)24-2/h6-10,12,15H,3-5H2,1-2H3,(H,20,21)/b14-8-/t12-,15-/m1/s1. The molecule has 1 aromatic carbocycles. The van der Waals surface area contributed by atoms with E-state index in [9.17, 15) is 4.79 Å². The lowest BCUT2D eigenvalue weighted by atomic mass is 10.2. The summed E-state index contributed by atoms with van der Waals surface area (Å²) in [6.07, 6.45) is 5.19. The maximum Gasteiger partial charge on any atom is 0.279 e. The minimum atomic E-state index is -0.0983. The molecular weight excluding hydrogens is 336 g/mol. The quantitative estimate of drug-likeness (QED) is 0.859. The summed E-state index contributed by atoms with van der Waals surface area (Å²) in [5, 5.41) is 3.38. The van der Waals surface area contributed by atoms with E-state index in [4.69, 9.17) is 4.74 Å². The molecular formula is C18H20N4O2S. The number of hydrogen-bond acceptors (Lipinski definition) is 6. The zero-order valence-electron chi connectivity index (χ0n) is 14.2. The number of methoxy groups -OCH3 is 1. The molecule has 2 heterocycles. The van der Waals surface area contributed by atoms with Gasteiger partial charge in [-0.3, -0.25) is 9.69 Å². The van der Waals surface area contributed by atoms with E-state index in [1.165, 1.54) is 0 Å². The van der Waals surface area contributed by atoms with Crippen molar-refractivity contribution in [1.82, 2.24) is 15.2 Å². The van der Waals surface area contributed by atoms with Crippen LogP contribution in [0.5, 0.6) is 0 Å². The summed E-state index contributed by atoms with van der Waals surface area (Å²) >= 11 is 1.59. The van der Waals surface area contributed by atoms with Crippen molar-refractivity contribution in [2.24, 2.45) is 4.99 Å². The molecule has 1 N–H and O–H groups in total. The molecule has 6 nitrogen and oxygen atoms in total. The summed E-state index contributed by atoms with van der Waals surface area (Å²) in [7, 11) is 3.48. The molecule has 25 heavy (non-hydrogen) atoms. The topological polar surface area (TPSA) is 66.8 Å². The molecule has 2 aliphatic rings. The van der Waals surface area contributed by atoms with Gasteiger partial charge in [0.05, 0.1) is 27.9 Å². The minimum absolute atomic E-state index is 0.0983. The van der Waals surface area contributed by atoms with Crippen molar-refractivity contribution in [2.45, 2.75) is 31.4 Å². The molecule has 2 aromatic rings. The number of nitrogens with one attached hydrogen (secondary N) is 1. The van der Waals surface area contributed by atoms with E-state index in [0.717, 1.165) is 35.0 Å². The van der Waals surface area contributed by atoms with Crippen LogP contribution in [0.2, 0.25) is 0 Å². The number of carbonyl (C=O) groups is 1. The number of nitrogens with zero attached hydrogens (tertiary/aromatic N) is 3. The number of aliphatic imine (C=N–C) groups is 1. The van der Waals surface area contributed by atoms with Gasteiger partial charge in [-0.05, 0) is 43.0 Å². The predicted octanol–water partition coefficient (Wildman–Crippen LogP) is 2.62. The van der Waals surface area contributed by atoms with Gasteiger partial charge in [0.2, 0.25) is 5.96 Å². The van der Waals surface area contributed by atoms with Crippen molar-refractivity contribution in [3.8, 4) is 0 Å². The molecule has 0 radical (unpaired) electrons. The zero-order valence-corrected chi connectivity index (χ0v) is 15.0. The first-order valence-corrected chi connectivity index (χ1v) is 9.24. The van der Waals surface area contributed by atoms with E-state index in [-0.39, 0.29) is 18.1 Å². The Labute approximate surface area is 150 Å². The van der Waals surface area contributed by atoms with E-state index >= 15 is 0 Å². The highest BCUT2D eigenvalue weighted by molar-refractivity contribution is 7.16. The monoisotopic (exact) mass is 356 g/mol. The molecule has 1 amide bonds. The number of fused-ring (bicyclic) bond motifs is 1. The SMILES string of the molecule is CO[C@@H]1CCC[C@H]1NC1=N/C(=C\c2ccc3ncsc3c2)C(=O)N1C. The van der Waals surface area contributed by atoms with Gasteiger partial charge in [-0.2, -0.15) is 0 Å². The number of likely N-dealkylation sites (N-methyl/N-ethyl adjacent to an activating group) is 1. The number of ether oxygens (including phenoxy) is 1. The van der Waals surface area contributed by atoms with Crippen LogP contribution in [0.25, 0.3) is 16.3 Å². The lowest BCUT2D eigenvalue weighted by Crippen LogP contribution is -2.46. The average molecular weight is 356 g/mol. The first-order valence-electron chi connectivity index (χ1n) is 8.37. The summed E-state index contributed by atoms with van der Waals surface area (Å²) < 4.78 is 6.61. The largest absolute Gasteiger partial charge is 0.379 e. The number of amides is 1. The molecule has 7 heteroatoms.